The molecule has 4 unspecified atom stereocenters. The minimum atomic E-state index is 0.172. The van der Waals surface area contributed by atoms with Crippen LogP contribution < -0.4 is 5.32 Å². The summed E-state index contributed by atoms with van der Waals surface area (Å²) >= 11 is 0. The lowest BCUT2D eigenvalue weighted by molar-refractivity contribution is -0.169. The Kier molecular flexibility index (Phi) is 5.72. The van der Waals surface area contributed by atoms with Crippen molar-refractivity contribution >= 4 is 5.96 Å². The molecule has 2 aliphatic heterocycles. The van der Waals surface area contributed by atoms with Crippen molar-refractivity contribution in [3.05, 3.63) is 0 Å². The van der Waals surface area contributed by atoms with Gasteiger partial charge in [-0.15, -0.1) is 0 Å². The van der Waals surface area contributed by atoms with Gasteiger partial charge in [-0.2, -0.15) is 0 Å². The van der Waals surface area contributed by atoms with Gasteiger partial charge in [0.15, 0.2) is 5.96 Å². The van der Waals surface area contributed by atoms with Gasteiger partial charge in [0.25, 0.3) is 0 Å². The van der Waals surface area contributed by atoms with E-state index < -0.39 is 0 Å². The summed E-state index contributed by atoms with van der Waals surface area (Å²) in [5, 5.41) is 3.82. The molecule has 0 bridgehead atoms. The summed E-state index contributed by atoms with van der Waals surface area (Å²) in [5.41, 5.74) is 0.352. The Hall–Kier alpha value is -0.850. The van der Waals surface area contributed by atoms with E-state index in [2.05, 4.69) is 24.1 Å². The van der Waals surface area contributed by atoms with Crippen molar-refractivity contribution in [3.8, 4) is 0 Å². The molecule has 0 aromatic heterocycles. The molecule has 6 nitrogen and oxygen atoms in total. The molecule has 2 heterocycles. The molecule has 4 aliphatic rings. The van der Waals surface area contributed by atoms with Crippen LogP contribution >= 0.6 is 0 Å². The maximum absolute atomic E-state index is 6.02. The number of nitrogens with zero attached hydrogens (tertiary/aromatic N) is 2. The molecule has 2 saturated carbocycles. The summed E-state index contributed by atoms with van der Waals surface area (Å²) in [6.07, 6.45) is 8.15. The predicted octanol–water partition coefficient (Wildman–Crippen LogP) is 2.18. The van der Waals surface area contributed by atoms with Crippen LogP contribution in [0, 0.1) is 5.41 Å². The Morgan fingerprint density at radius 3 is 2.69 bits per heavy atom. The van der Waals surface area contributed by atoms with E-state index in [9.17, 15) is 0 Å². The molecular formula is C20H35N3O3. The van der Waals surface area contributed by atoms with E-state index in [1.54, 1.807) is 0 Å². The van der Waals surface area contributed by atoms with E-state index >= 15 is 0 Å². The number of hydrogen-bond acceptors (Lipinski definition) is 4. The molecule has 1 spiro atoms. The van der Waals surface area contributed by atoms with Crippen molar-refractivity contribution in [3.63, 3.8) is 0 Å². The summed E-state index contributed by atoms with van der Waals surface area (Å²) in [7, 11) is 0. The molecule has 148 valence electrons. The molecule has 6 heteroatoms. The van der Waals surface area contributed by atoms with E-state index in [-0.39, 0.29) is 12.2 Å². The first kappa shape index (κ1) is 18.5. The second-order valence-corrected chi connectivity index (χ2v) is 8.17. The first-order valence-corrected chi connectivity index (χ1v) is 10.7. The second-order valence-electron chi connectivity index (χ2n) is 8.17. The highest BCUT2D eigenvalue weighted by molar-refractivity contribution is 5.80. The van der Waals surface area contributed by atoms with Crippen LogP contribution in [-0.2, 0) is 14.2 Å². The maximum Gasteiger partial charge on any atom is 0.194 e. The van der Waals surface area contributed by atoms with Crippen LogP contribution in [0.5, 0.6) is 0 Å². The Morgan fingerprint density at radius 2 is 2.04 bits per heavy atom. The quantitative estimate of drug-likeness (QED) is 0.598. The van der Waals surface area contributed by atoms with Crippen molar-refractivity contribution < 1.29 is 14.2 Å². The summed E-state index contributed by atoms with van der Waals surface area (Å²) in [5.74, 6) is 1.06. The molecular weight excluding hydrogens is 330 g/mol. The molecule has 4 rings (SSSR count). The van der Waals surface area contributed by atoms with Gasteiger partial charge in [-0.05, 0) is 46.0 Å². The third-order valence-electron chi connectivity index (χ3n) is 6.82. The zero-order valence-corrected chi connectivity index (χ0v) is 16.4. The number of hydrogen-bond donors (Lipinski definition) is 1. The topological polar surface area (TPSA) is 55.3 Å². The lowest BCUT2D eigenvalue weighted by Gasteiger charge is -2.61. The lowest BCUT2D eigenvalue weighted by Crippen LogP contribution is -2.69. The number of rotatable bonds is 5. The van der Waals surface area contributed by atoms with Gasteiger partial charge in [0, 0.05) is 44.3 Å². The minimum Gasteiger partial charge on any atom is -0.378 e. The third kappa shape index (κ3) is 3.36. The largest absolute Gasteiger partial charge is 0.378 e. The second kappa shape index (κ2) is 8.03. The highest BCUT2D eigenvalue weighted by atomic mass is 16.5. The van der Waals surface area contributed by atoms with Crippen LogP contribution in [0.3, 0.4) is 0 Å². The van der Waals surface area contributed by atoms with Gasteiger partial charge in [0.2, 0.25) is 0 Å². The van der Waals surface area contributed by atoms with Crippen LogP contribution in [0.4, 0.5) is 0 Å². The van der Waals surface area contributed by atoms with Crippen LogP contribution in [-0.4, -0.2) is 74.7 Å². The first-order chi connectivity index (χ1) is 12.8. The zero-order chi connectivity index (χ0) is 18.0. The molecule has 0 aromatic rings. The van der Waals surface area contributed by atoms with Crippen molar-refractivity contribution in [2.24, 2.45) is 10.4 Å². The predicted molar refractivity (Wildman–Crippen MR) is 102 cm³/mol. The van der Waals surface area contributed by atoms with Gasteiger partial charge in [-0.25, -0.2) is 0 Å². The van der Waals surface area contributed by atoms with E-state index in [4.69, 9.17) is 19.2 Å². The minimum absolute atomic E-state index is 0.172. The fraction of sp³-hybridized carbons (Fsp3) is 0.950. The summed E-state index contributed by atoms with van der Waals surface area (Å²) in [4.78, 5) is 7.21. The molecule has 2 aliphatic carbocycles. The molecule has 1 N–H and O–H groups in total. The molecule has 0 amide bonds. The number of ether oxygens (including phenoxy) is 3. The number of nitrogens with one attached hydrogen (secondary N) is 1. The normalized spacial score (nSPS) is 36.7. The van der Waals surface area contributed by atoms with Gasteiger partial charge < -0.3 is 24.4 Å². The summed E-state index contributed by atoms with van der Waals surface area (Å²) < 4.78 is 17.9. The molecule has 26 heavy (non-hydrogen) atoms. The van der Waals surface area contributed by atoms with Crippen LogP contribution in [0.25, 0.3) is 0 Å². The number of aliphatic imine (C=N–C) groups is 1. The SMILES string of the molecule is CCN=C(NC1CC(OCC)C12CCC2)N1CCOC(C2CCCO2)C1. The highest BCUT2D eigenvalue weighted by Gasteiger charge is 2.59. The van der Waals surface area contributed by atoms with E-state index in [1.807, 2.05) is 0 Å². The highest BCUT2D eigenvalue weighted by Crippen LogP contribution is 2.57. The van der Waals surface area contributed by atoms with Crippen molar-refractivity contribution in [2.75, 3.05) is 39.5 Å². The Labute approximate surface area is 157 Å². The monoisotopic (exact) mass is 365 g/mol. The number of morpholine rings is 1. The van der Waals surface area contributed by atoms with Gasteiger partial charge >= 0.3 is 0 Å². The van der Waals surface area contributed by atoms with Crippen molar-refractivity contribution in [2.45, 2.75) is 76.7 Å². The number of guanidine groups is 1. The van der Waals surface area contributed by atoms with Crippen molar-refractivity contribution in [1.29, 1.82) is 0 Å². The van der Waals surface area contributed by atoms with Crippen LogP contribution in [0.15, 0.2) is 4.99 Å². The standard InChI is InChI=1S/C20H35N3O3/c1-3-21-19(22-17-13-18(24-4-2)20(17)8-6-9-20)23-10-12-26-16(14-23)15-7-5-11-25-15/h15-18H,3-14H2,1-2H3,(H,21,22). The zero-order valence-electron chi connectivity index (χ0n) is 16.4. The van der Waals surface area contributed by atoms with Gasteiger partial charge in [-0.1, -0.05) is 6.42 Å². The molecule has 4 fully saturated rings. The third-order valence-corrected chi connectivity index (χ3v) is 6.82. The maximum atomic E-state index is 6.02. The average Bonchev–Trinajstić information content (AvgIpc) is 3.13. The first-order valence-electron chi connectivity index (χ1n) is 10.7. The fourth-order valence-electron chi connectivity index (χ4n) is 5.17. The van der Waals surface area contributed by atoms with Crippen LogP contribution in [0.2, 0.25) is 0 Å². The van der Waals surface area contributed by atoms with Crippen LogP contribution in [0.1, 0.15) is 52.4 Å². The molecule has 0 aromatic carbocycles. The Bertz CT molecular complexity index is 503. The van der Waals surface area contributed by atoms with Gasteiger partial charge in [0.05, 0.1) is 18.8 Å². The van der Waals surface area contributed by atoms with E-state index in [0.717, 1.165) is 64.7 Å². The Balaban J connectivity index is 1.39. The van der Waals surface area contributed by atoms with Crippen molar-refractivity contribution in [1.82, 2.24) is 10.2 Å². The van der Waals surface area contributed by atoms with E-state index in [1.165, 1.54) is 19.3 Å². The van der Waals surface area contributed by atoms with E-state index in [0.29, 0.717) is 17.6 Å². The van der Waals surface area contributed by atoms with Gasteiger partial charge in [0.1, 0.15) is 6.10 Å². The van der Waals surface area contributed by atoms with Gasteiger partial charge in [-0.3, -0.25) is 4.99 Å². The lowest BCUT2D eigenvalue weighted by atomic mass is 9.51. The molecule has 2 saturated heterocycles. The smallest absolute Gasteiger partial charge is 0.194 e. The average molecular weight is 366 g/mol. The summed E-state index contributed by atoms with van der Waals surface area (Å²) in [6.45, 7) is 9.27. The summed E-state index contributed by atoms with van der Waals surface area (Å²) in [6, 6.07) is 0.502. The molecule has 0 radical (unpaired) electrons. The Morgan fingerprint density at radius 1 is 1.19 bits per heavy atom. The fourth-order valence-corrected chi connectivity index (χ4v) is 5.17. The molecule has 4 atom stereocenters.